The summed E-state index contributed by atoms with van der Waals surface area (Å²) in [6.45, 7) is 0. The number of benzene rings is 9. The lowest BCUT2D eigenvalue weighted by atomic mass is 9.80. The van der Waals surface area contributed by atoms with E-state index in [1.807, 2.05) is 11.3 Å². The van der Waals surface area contributed by atoms with Crippen molar-refractivity contribution >= 4 is 74.6 Å². The highest BCUT2D eigenvalue weighted by Crippen LogP contribution is 2.44. The molecular weight excluding hydrogens is 597 g/mol. The molecule has 1 unspecified atom stereocenters. The van der Waals surface area contributed by atoms with E-state index in [1.165, 1.54) is 91.1 Å². The van der Waals surface area contributed by atoms with Crippen LogP contribution in [0.1, 0.15) is 22.6 Å². The molecule has 1 heterocycles. The molecule has 224 valence electrons. The first-order valence-corrected chi connectivity index (χ1v) is 17.4. The van der Waals surface area contributed by atoms with Gasteiger partial charge in [-0.25, -0.2) is 0 Å². The molecule has 1 atom stereocenters. The Morgan fingerprint density at radius 1 is 0.354 bits per heavy atom. The third-order valence-corrected chi connectivity index (χ3v) is 11.4. The van der Waals surface area contributed by atoms with E-state index < -0.39 is 0 Å². The van der Waals surface area contributed by atoms with Gasteiger partial charge in [0.05, 0.1) is 0 Å². The lowest BCUT2D eigenvalue weighted by Crippen LogP contribution is -2.05. The van der Waals surface area contributed by atoms with E-state index in [4.69, 9.17) is 0 Å². The molecule has 0 bridgehead atoms. The van der Waals surface area contributed by atoms with Gasteiger partial charge in [0.2, 0.25) is 0 Å². The molecule has 0 aliphatic carbocycles. The Labute approximate surface area is 283 Å². The highest BCUT2D eigenvalue weighted by atomic mass is 32.1. The maximum Gasteiger partial charge on any atom is 0.0433 e. The van der Waals surface area contributed by atoms with Crippen molar-refractivity contribution in [1.29, 1.82) is 0 Å². The van der Waals surface area contributed by atoms with Gasteiger partial charge in [0.15, 0.2) is 0 Å². The van der Waals surface area contributed by atoms with E-state index >= 15 is 0 Å². The molecule has 0 aliphatic rings. The predicted molar refractivity (Wildman–Crippen MR) is 209 cm³/mol. The molecule has 1 aromatic heterocycles. The van der Waals surface area contributed by atoms with Crippen molar-refractivity contribution in [3.05, 3.63) is 193 Å². The van der Waals surface area contributed by atoms with Gasteiger partial charge in [-0.2, -0.15) is 0 Å². The summed E-state index contributed by atoms with van der Waals surface area (Å²) in [5, 5.41) is 13.1. The normalized spacial score (nSPS) is 12.5. The average Bonchev–Trinajstić information content (AvgIpc) is 3.54. The Kier molecular flexibility index (Phi) is 6.22. The van der Waals surface area contributed by atoms with E-state index in [0.717, 1.165) is 0 Å². The molecular formula is C47H30S. The molecule has 0 spiro atoms. The fourth-order valence-electron chi connectivity index (χ4n) is 7.90. The Morgan fingerprint density at radius 3 is 1.75 bits per heavy atom. The summed E-state index contributed by atoms with van der Waals surface area (Å²) in [5.41, 5.74) is 6.43. The smallest absolute Gasteiger partial charge is 0.0433 e. The molecule has 0 saturated heterocycles. The summed E-state index contributed by atoms with van der Waals surface area (Å²) < 4.78 is 2.70. The molecule has 0 nitrogen and oxygen atoms in total. The van der Waals surface area contributed by atoms with E-state index in [-0.39, 0.29) is 5.92 Å². The summed E-state index contributed by atoms with van der Waals surface area (Å²) in [4.78, 5) is 0. The van der Waals surface area contributed by atoms with Crippen molar-refractivity contribution in [1.82, 2.24) is 0 Å². The number of fused-ring (bicyclic) bond motifs is 10. The Bertz CT molecular complexity index is 2820. The third-order valence-electron chi connectivity index (χ3n) is 10.2. The average molecular weight is 627 g/mol. The maximum atomic E-state index is 2.46. The number of thiophene rings is 1. The monoisotopic (exact) mass is 626 g/mol. The van der Waals surface area contributed by atoms with Crippen LogP contribution in [0.15, 0.2) is 176 Å². The molecule has 10 aromatic rings. The summed E-state index contributed by atoms with van der Waals surface area (Å²) in [5.74, 6) is 0.0574. The van der Waals surface area contributed by atoms with Crippen LogP contribution in [-0.2, 0) is 0 Å². The molecule has 9 aromatic carbocycles. The van der Waals surface area contributed by atoms with E-state index in [9.17, 15) is 0 Å². The fourth-order valence-corrected chi connectivity index (χ4v) is 9.18. The van der Waals surface area contributed by atoms with Crippen LogP contribution in [0.4, 0.5) is 0 Å². The van der Waals surface area contributed by atoms with E-state index in [0.29, 0.717) is 0 Å². The first-order valence-electron chi connectivity index (χ1n) is 16.6. The van der Waals surface area contributed by atoms with Gasteiger partial charge in [-0.15, -0.1) is 11.3 Å². The van der Waals surface area contributed by atoms with Crippen LogP contribution in [0, 0.1) is 0 Å². The summed E-state index contributed by atoms with van der Waals surface area (Å²) in [7, 11) is 0. The minimum atomic E-state index is 0.0574. The second-order valence-corrected chi connectivity index (χ2v) is 13.9. The minimum Gasteiger partial charge on any atom is -0.135 e. The van der Waals surface area contributed by atoms with Gasteiger partial charge in [-0.1, -0.05) is 164 Å². The topological polar surface area (TPSA) is 0 Å². The van der Waals surface area contributed by atoms with Crippen molar-refractivity contribution < 1.29 is 0 Å². The van der Waals surface area contributed by atoms with Gasteiger partial charge in [-0.3, -0.25) is 0 Å². The van der Waals surface area contributed by atoms with Crippen LogP contribution in [-0.4, -0.2) is 0 Å². The predicted octanol–water partition coefficient (Wildman–Crippen LogP) is 13.5. The standard InChI is InChI=1S/C47H30S/c1-2-10-30(11-3-1)31-18-21-34(22-19-31)45(36-25-26-40-42-27-24-33-13-5-7-15-38(33)47(42)48-44(40)29-36)43-28-35-23-20-32-12-4-6-14-37(32)46(35)41-17-9-8-16-39(41)43/h1-29,45H. The first-order chi connectivity index (χ1) is 23.8. The van der Waals surface area contributed by atoms with Crippen LogP contribution >= 0.6 is 11.3 Å². The van der Waals surface area contributed by atoms with Gasteiger partial charge in [0, 0.05) is 26.1 Å². The number of hydrogen-bond donors (Lipinski definition) is 0. The zero-order chi connectivity index (χ0) is 31.6. The SMILES string of the molecule is c1ccc(-c2ccc(C(c3ccc4c(c3)sc3c5ccccc5ccc43)c3cc4ccc5ccccc5c4c4ccccc34)cc2)cc1. The third kappa shape index (κ3) is 4.29. The van der Waals surface area contributed by atoms with Crippen molar-refractivity contribution in [3.8, 4) is 11.1 Å². The molecule has 0 radical (unpaired) electrons. The van der Waals surface area contributed by atoms with Crippen molar-refractivity contribution in [3.63, 3.8) is 0 Å². The van der Waals surface area contributed by atoms with Crippen LogP contribution in [0.2, 0.25) is 0 Å². The molecule has 0 fully saturated rings. The largest absolute Gasteiger partial charge is 0.135 e. The second-order valence-electron chi connectivity index (χ2n) is 12.8. The lowest BCUT2D eigenvalue weighted by molar-refractivity contribution is 0.995. The molecule has 0 saturated carbocycles. The lowest BCUT2D eigenvalue weighted by Gasteiger charge is -2.23. The highest BCUT2D eigenvalue weighted by Gasteiger charge is 2.22. The second kappa shape index (κ2) is 10.9. The van der Waals surface area contributed by atoms with Crippen molar-refractivity contribution in [2.24, 2.45) is 0 Å². The van der Waals surface area contributed by atoms with Crippen LogP contribution in [0.25, 0.3) is 74.4 Å². The maximum absolute atomic E-state index is 2.46. The van der Waals surface area contributed by atoms with Crippen molar-refractivity contribution in [2.75, 3.05) is 0 Å². The summed E-state index contributed by atoms with van der Waals surface area (Å²) >= 11 is 1.92. The van der Waals surface area contributed by atoms with Gasteiger partial charge in [0.1, 0.15) is 0 Å². The highest BCUT2D eigenvalue weighted by molar-refractivity contribution is 7.26. The Balaban J connectivity index is 1.24. The Morgan fingerprint density at radius 2 is 0.938 bits per heavy atom. The summed E-state index contributed by atoms with van der Waals surface area (Å²) in [6.07, 6.45) is 0. The van der Waals surface area contributed by atoms with Gasteiger partial charge >= 0.3 is 0 Å². The first kappa shape index (κ1) is 27.4. The van der Waals surface area contributed by atoms with Gasteiger partial charge in [0.25, 0.3) is 0 Å². The molecule has 0 amide bonds. The molecule has 0 aliphatic heterocycles. The zero-order valence-electron chi connectivity index (χ0n) is 26.2. The number of rotatable bonds is 4. The zero-order valence-corrected chi connectivity index (χ0v) is 27.0. The number of hydrogen-bond acceptors (Lipinski definition) is 1. The van der Waals surface area contributed by atoms with Crippen molar-refractivity contribution in [2.45, 2.75) is 5.92 Å². The Hall–Kier alpha value is -5.76. The van der Waals surface area contributed by atoms with Crippen LogP contribution in [0.5, 0.6) is 0 Å². The van der Waals surface area contributed by atoms with Crippen LogP contribution < -0.4 is 0 Å². The van der Waals surface area contributed by atoms with E-state index in [2.05, 4.69) is 176 Å². The van der Waals surface area contributed by atoms with E-state index in [1.54, 1.807) is 0 Å². The molecule has 1 heteroatoms. The molecule has 0 N–H and O–H groups in total. The minimum absolute atomic E-state index is 0.0574. The summed E-state index contributed by atoms with van der Waals surface area (Å²) in [6, 6.07) is 65.3. The fraction of sp³-hybridized carbons (Fsp3) is 0.0213. The quantitative estimate of drug-likeness (QED) is 0.135. The van der Waals surface area contributed by atoms with Gasteiger partial charge < -0.3 is 0 Å². The molecule has 10 rings (SSSR count). The van der Waals surface area contributed by atoms with Gasteiger partial charge in [-0.05, 0) is 83.0 Å². The molecule has 48 heavy (non-hydrogen) atoms. The van der Waals surface area contributed by atoms with Crippen LogP contribution in [0.3, 0.4) is 0 Å².